The first-order valence-corrected chi connectivity index (χ1v) is 7.98. The molecule has 0 amide bonds. The van der Waals surface area contributed by atoms with Gasteiger partial charge in [-0.15, -0.1) is 0 Å². The molecule has 1 aromatic heterocycles. The van der Waals surface area contributed by atoms with Gasteiger partial charge >= 0.3 is 0 Å². The van der Waals surface area contributed by atoms with Gasteiger partial charge in [-0.3, -0.25) is 10.8 Å². The Morgan fingerprint density at radius 3 is 2.62 bits per heavy atom. The average Bonchev–Trinajstić information content (AvgIpc) is 2.47. The van der Waals surface area contributed by atoms with E-state index in [0.29, 0.717) is 12.1 Å². The number of nitrogens with one attached hydrogen (secondary N) is 2. The second-order valence-corrected chi connectivity index (χ2v) is 6.41. The topological polar surface area (TPSA) is 97.1 Å². The number of rotatable bonds is 6. The molecular weight excluding hydrogens is 288 g/mol. The minimum atomic E-state index is -3.68. The van der Waals surface area contributed by atoms with E-state index < -0.39 is 10.0 Å². The van der Waals surface area contributed by atoms with Crippen LogP contribution >= 0.6 is 0 Å². The first-order chi connectivity index (χ1) is 10.0. The maximum absolute atomic E-state index is 12.4. The van der Waals surface area contributed by atoms with Gasteiger partial charge in [0.2, 0.25) is 10.0 Å². The predicted molar refractivity (Wildman–Crippen MR) is 82.0 cm³/mol. The number of pyridine rings is 1. The highest BCUT2D eigenvalue weighted by Gasteiger charge is 2.21. The zero-order chi connectivity index (χ0) is 15.3. The SMILES string of the molecule is CC(Cc1ccccc1)NS(=O)(=O)c1cnccc1NN. The molecule has 1 aromatic carbocycles. The van der Waals surface area contributed by atoms with Crippen molar-refractivity contribution in [3.63, 3.8) is 0 Å². The minimum absolute atomic E-state index is 0.0346. The number of hydrogen-bond donors (Lipinski definition) is 3. The number of anilines is 1. The van der Waals surface area contributed by atoms with Crippen molar-refractivity contribution in [1.29, 1.82) is 0 Å². The largest absolute Gasteiger partial charge is 0.323 e. The molecule has 0 aliphatic rings. The predicted octanol–water partition coefficient (Wildman–Crippen LogP) is 1.28. The standard InChI is InChI=1S/C14H18N4O2S/c1-11(9-12-5-3-2-4-6-12)18-21(19,20)14-10-16-8-7-13(14)17-15/h2-8,10-11,18H,9,15H2,1H3,(H,16,17). The number of sulfonamides is 1. The smallest absolute Gasteiger partial charge is 0.244 e. The second-order valence-electron chi connectivity index (χ2n) is 4.73. The Kier molecular flexibility index (Phi) is 4.89. The van der Waals surface area contributed by atoms with Crippen molar-refractivity contribution in [3.05, 3.63) is 54.4 Å². The van der Waals surface area contributed by atoms with E-state index in [1.165, 1.54) is 18.5 Å². The van der Waals surface area contributed by atoms with E-state index in [4.69, 9.17) is 5.84 Å². The Balaban J connectivity index is 2.14. The van der Waals surface area contributed by atoms with E-state index in [9.17, 15) is 8.42 Å². The summed E-state index contributed by atoms with van der Waals surface area (Å²) in [5, 5.41) is 0. The van der Waals surface area contributed by atoms with Crippen LogP contribution in [0.5, 0.6) is 0 Å². The molecule has 1 unspecified atom stereocenters. The van der Waals surface area contributed by atoms with Crippen LogP contribution in [0.2, 0.25) is 0 Å². The van der Waals surface area contributed by atoms with Crippen LogP contribution in [0.1, 0.15) is 12.5 Å². The van der Waals surface area contributed by atoms with Gasteiger partial charge in [-0.25, -0.2) is 13.1 Å². The van der Waals surface area contributed by atoms with Gasteiger partial charge < -0.3 is 5.43 Å². The highest BCUT2D eigenvalue weighted by atomic mass is 32.2. The molecular formula is C14H18N4O2S. The number of nitrogen functional groups attached to an aromatic ring is 1. The lowest BCUT2D eigenvalue weighted by molar-refractivity contribution is 0.559. The fourth-order valence-electron chi connectivity index (χ4n) is 2.05. The summed E-state index contributed by atoms with van der Waals surface area (Å²) < 4.78 is 27.4. The first kappa shape index (κ1) is 15.4. The van der Waals surface area contributed by atoms with Crippen LogP contribution in [0.4, 0.5) is 5.69 Å². The van der Waals surface area contributed by atoms with E-state index in [0.717, 1.165) is 5.56 Å². The highest BCUT2D eigenvalue weighted by molar-refractivity contribution is 7.89. The van der Waals surface area contributed by atoms with Crippen LogP contribution in [-0.2, 0) is 16.4 Å². The molecule has 0 saturated heterocycles. The van der Waals surface area contributed by atoms with Gasteiger partial charge in [0.05, 0.1) is 5.69 Å². The van der Waals surface area contributed by atoms with Crippen molar-refractivity contribution in [1.82, 2.24) is 9.71 Å². The summed E-state index contributed by atoms with van der Waals surface area (Å²) >= 11 is 0. The quantitative estimate of drug-likeness (QED) is 0.552. The van der Waals surface area contributed by atoms with Crippen molar-refractivity contribution < 1.29 is 8.42 Å². The molecule has 0 spiro atoms. The van der Waals surface area contributed by atoms with Crippen LogP contribution in [0, 0.1) is 0 Å². The van der Waals surface area contributed by atoms with Gasteiger partial charge in [0.1, 0.15) is 4.90 Å². The number of nitrogens with zero attached hydrogens (tertiary/aromatic N) is 1. The van der Waals surface area contributed by atoms with E-state index in [1.807, 2.05) is 37.3 Å². The number of benzene rings is 1. The fraction of sp³-hybridized carbons (Fsp3) is 0.214. The molecule has 0 aliphatic heterocycles. The summed E-state index contributed by atoms with van der Waals surface area (Å²) in [6, 6.07) is 11.0. The average molecular weight is 306 g/mol. The number of nitrogens with two attached hydrogens (primary N) is 1. The lowest BCUT2D eigenvalue weighted by atomic mass is 10.1. The van der Waals surface area contributed by atoms with Gasteiger partial charge in [0.15, 0.2) is 0 Å². The molecule has 0 bridgehead atoms. The molecule has 6 nitrogen and oxygen atoms in total. The normalized spacial score (nSPS) is 12.9. The molecule has 0 fully saturated rings. The second kappa shape index (κ2) is 6.66. The molecule has 112 valence electrons. The zero-order valence-electron chi connectivity index (χ0n) is 11.7. The van der Waals surface area contributed by atoms with Gasteiger partial charge in [-0.2, -0.15) is 0 Å². The molecule has 21 heavy (non-hydrogen) atoms. The maximum Gasteiger partial charge on any atom is 0.244 e. The summed E-state index contributed by atoms with van der Waals surface area (Å²) in [5.41, 5.74) is 3.74. The summed E-state index contributed by atoms with van der Waals surface area (Å²) in [6.07, 6.45) is 3.35. The summed E-state index contributed by atoms with van der Waals surface area (Å²) in [6.45, 7) is 1.82. The summed E-state index contributed by atoms with van der Waals surface area (Å²) in [4.78, 5) is 3.87. The van der Waals surface area contributed by atoms with Crippen LogP contribution in [0.25, 0.3) is 0 Å². The number of aromatic nitrogens is 1. The van der Waals surface area contributed by atoms with Gasteiger partial charge in [0, 0.05) is 18.4 Å². The van der Waals surface area contributed by atoms with Gasteiger partial charge in [-0.1, -0.05) is 30.3 Å². The Morgan fingerprint density at radius 1 is 1.24 bits per heavy atom. The summed E-state index contributed by atoms with van der Waals surface area (Å²) in [5.74, 6) is 5.33. The summed E-state index contributed by atoms with van der Waals surface area (Å²) in [7, 11) is -3.68. The third kappa shape index (κ3) is 4.01. The fourth-order valence-corrected chi connectivity index (χ4v) is 3.41. The van der Waals surface area contributed by atoms with E-state index in [-0.39, 0.29) is 10.9 Å². The van der Waals surface area contributed by atoms with Crippen molar-refractivity contribution in [2.75, 3.05) is 5.43 Å². The molecule has 7 heteroatoms. The Labute approximate surface area is 124 Å². The lowest BCUT2D eigenvalue weighted by Gasteiger charge is -2.15. The van der Waals surface area contributed by atoms with Crippen LogP contribution in [0.3, 0.4) is 0 Å². The van der Waals surface area contributed by atoms with Crippen LogP contribution in [0.15, 0.2) is 53.7 Å². The van der Waals surface area contributed by atoms with Crippen molar-refractivity contribution >= 4 is 15.7 Å². The first-order valence-electron chi connectivity index (χ1n) is 6.50. The van der Waals surface area contributed by atoms with Crippen molar-refractivity contribution in [2.24, 2.45) is 5.84 Å². The van der Waals surface area contributed by atoms with Crippen molar-refractivity contribution in [3.8, 4) is 0 Å². The van der Waals surface area contributed by atoms with E-state index in [1.54, 1.807) is 0 Å². The van der Waals surface area contributed by atoms with Gasteiger partial charge in [-0.05, 0) is 25.0 Å². The molecule has 4 N–H and O–H groups in total. The third-order valence-corrected chi connectivity index (χ3v) is 4.59. The molecule has 1 heterocycles. The monoisotopic (exact) mass is 306 g/mol. The zero-order valence-corrected chi connectivity index (χ0v) is 12.5. The number of hydrazine groups is 1. The maximum atomic E-state index is 12.4. The minimum Gasteiger partial charge on any atom is -0.323 e. The molecule has 0 saturated carbocycles. The Hall–Kier alpha value is -1.96. The molecule has 2 rings (SSSR count). The Morgan fingerprint density at radius 2 is 1.95 bits per heavy atom. The van der Waals surface area contributed by atoms with Crippen LogP contribution in [-0.4, -0.2) is 19.4 Å². The van der Waals surface area contributed by atoms with Gasteiger partial charge in [0.25, 0.3) is 0 Å². The highest BCUT2D eigenvalue weighted by Crippen LogP contribution is 2.18. The number of hydrogen-bond acceptors (Lipinski definition) is 5. The Bertz CT molecular complexity index is 689. The van der Waals surface area contributed by atoms with E-state index >= 15 is 0 Å². The molecule has 1 atom stereocenters. The van der Waals surface area contributed by atoms with E-state index in [2.05, 4.69) is 15.1 Å². The molecule has 0 radical (unpaired) electrons. The van der Waals surface area contributed by atoms with Crippen LogP contribution < -0.4 is 16.0 Å². The molecule has 0 aliphatic carbocycles. The lowest BCUT2D eigenvalue weighted by Crippen LogP contribution is -2.34. The third-order valence-electron chi connectivity index (χ3n) is 2.97. The molecule has 2 aromatic rings. The van der Waals surface area contributed by atoms with Crippen molar-refractivity contribution in [2.45, 2.75) is 24.3 Å².